The molecule has 4 nitrogen and oxygen atoms in total. The van der Waals surface area contributed by atoms with Crippen LogP contribution in [0.5, 0.6) is 0 Å². The van der Waals surface area contributed by atoms with Crippen LogP contribution in [-0.4, -0.2) is 24.1 Å². The number of H-pyrrole nitrogens is 1. The minimum atomic E-state index is -0.322. The van der Waals surface area contributed by atoms with Crippen molar-refractivity contribution in [2.75, 3.05) is 7.11 Å². The Morgan fingerprint density at radius 1 is 1.38 bits per heavy atom. The van der Waals surface area contributed by atoms with Crippen LogP contribution < -0.4 is 5.32 Å². The summed E-state index contributed by atoms with van der Waals surface area (Å²) in [7, 11) is 1.41. The maximum Gasteiger partial charge on any atom is 0.322 e. The van der Waals surface area contributed by atoms with Crippen molar-refractivity contribution in [3.05, 3.63) is 35.0 Å². The minimum Gasteiger partial charge on any atom is -0.468 e. The minimum absolute atomic E-state index is 0.240. The first-order chi connectivity index (χ1) is 10.0. The number of fused-ring (bicyclic) bond motifs is 1. The van der Waals surface area contributed by atoms with Crippen molar-refractivity contribution in [2.24, 2.45) is 5.92 Å². The number of para-hydroxylation sites is 1. The molecule has 1 heterocycles. The molecule has 1 unspecified atom stereocenters. The number of aromatic nitrogens is 1. The average Bonchev–Trinajstić information content (AvgIpc) is 2.79. The zero-order valence-electron chi connectivity index (χ0n) is 12.6. The van der Waals surface area contributed by atoms with Crippen LogP contribution >= 0.6 is 11.6 Å². The Hall–Kier alpha value is -1.52. The van der Waals surface area contributed by atoms with E-state index in [0.717, 1.165) is 23.0 Å². The van der Waals surface area contributed by atoms with Gasteiger partial charge in [-0.2, -0.15) is 0 Å². The van der Waals surface area contributed by atoms with E-state index < -0.39 is 0 Å². The molecule has 0 saturated carbocycles. The van der Waals surface area contributed by atoms with Crippen LogP contribution in [0.1, 0.15) is 26.0 Å². The number of rotatable bonds is 6. The zero-order valence-corrected chi connectivity index (χ0v) is 13.3. The van der Waals surface area contributed by atoms with Crippen molar-refractivity contribution in [3.63, 3.8) is 0 Å². The lowest BCUT2D eigenvalue weighted by atomic mass is 10.0. The molecule has 1 aromatic heterocycles. The summed E-state index contributed by atoms with van der Waals surface area (Å²) in [5.41, 5.74) is 1.88. The number of carbonyl (C=O) groups excluding carboxylic acids is 1. The fourth-order valence-electron chi connectivity index (χ4n) is 2.39. The van der Waals surface area contributed by atoms with Crippen molar-refractivity contribution in [2.45, 2.75) is 32.9 Å². The summed E-state index contributed by atoms with van der Waals surface area (Å²) in [6.07, 6.45) is 0.727. The monoisotopic (exact) mass is 308 g/mol. The highest BCUT2D eigenvalue weighted by Crippen LogP contribution is 2.27. The molecule has 114 valence electrons. The van der Waals surface area contributed by atoms with Crippen LogP contribution in [0.2, 0.25) is 5.02 Å². The predicted octanol–water partition coefficient (Wildman–Crippen LogP) is 3.50. The molecule has 2 rings (SSSR count). The molecular weight excluding hydrogens is 288 g/mol. The average molecular weight is 309 g/mol. The quantitative estimate of drug-likeness (QED) is 0.803. The van der Waals surface area contributed by atoms with Crippen molar-refractivity contribution < 1.29 is 9.53 Å². The van der Waals surface area contributed by atoms with Gasteiger partial charge in [0.1, 0.15) is 6.04 Å². The molecule has 2 N–H and O–H groups in total. The van der Waals surface area contributed by atoms with Crippen LogP contribution in [-0.2, 0) is 16.1 Å². The third-order valence-corrected chi connectivity index (χ3v) is 3.86. The number of aromatic amines is 1. The Morgan fingerprint density at radius 3 is 2.71 bits per heavy atom. The molecule has 1 atom stereocenters. The molecule has 0 saturated heterocycles. The van der Waals surface area contributed by atoms with Gasteiger partial charge in [0, 0.05) is 23.1 Å². The first kappa shape index (κ1) is 15.9. The van der Waals surface area contributed by atoms with Gasteiger partial charge in [0.25, 0.3) is 0 Å². The summed E-state index contributed by atoms with van der Waals surface area (Å²) in [4.78, 5) is 15.1. The lowest BCUT2D eigenvalue weighted by molar-refractivity contribution is -0.143. The van der Waals surface area contributed by atoms with E-state index in [4.69, 9.17) is 16.3 Å². The zero-order chi connectivity index (χ0) is 15.4. The number of halogens is 1. The lowest BCUT2D eigenvalue weighted by Gasteiger charge is -2.18. The van der Waals surface area contributed by atoms with Gasteiger partial charge in [0.2, 0.25) is 0 Å². The van der Waals surface area contributed by atoms with Crippen molar-refractivity contribution in [1.29, 1.82) is 0 Å². The smallest absolute Gasteiger partial charge is 0.322 e. The third kappa shape index (κ3) is 3.77. The summed E-state index contributed by atoms with van der Waals surface area (Å²) >= 11 is 6.37. The standard InChI is InChI=1S/C16H21ClN2O2/c1-10(2)8-13(16(20)21-3)18-9-14-15(17)11-6-4-5-7-12(11)19-14/h4-7,10,13,18-19H,8-9H2,1-3H3. The molecular formula is C16H21ClN2O2. The number of esters is 1. The van der Waals surface area contributed by atoms with E-state index in [9.17, 15) is 4.79 Å². The largest absolute Gasteiger partial charge is 0.468 e. The van der Waals surface area contributed by atoms with Gasteiger partial charge in [-0.3, -0.25) is 10.1 Å². The lowest BCUT2D eigenvalue weighted by Crippen LogP contribution is -2.38. The maximum absolute atomic E-state index is 11.8. The molecule has 0 bridgehead atoms. The fraction of sp³-hybridized carbons (Fsp3) is 0.438. The Morgan fingerprint density at radius 2 is 2.10 bits per heavy atom. The molecule has 0 amide bonds. The van der Waals surface area contributed by atoms with E-state index in [1.54, 1.807) is 0 Å². The van der Waals surface area contributed by atoms with Crippen LogP contribution in [0.25, 0.3) is 10.9 Å². The number of benzene rings is 1. The fourth-order valence-corrected chi connectivity index (χ4v) is 2.67. The second kappa shape index (κ2) is 6.96. The predicted molar refractivity (Wildman–Crippen MR) is 85.4 cm³/mol. The van der Waals surface area contributed by atoms with E-state index in [1.807, 2.05) is 24.3 Å². The highest BCUT2D eigenvalue weighted by Gasteiger charge is 2.20. The van der Waals surface area contributed by atoms with E-state index >= 15 is 0 Å². The molecule has 0 fully saturated rings. The second-order valence-corrected chi connectivity index (χ2v) is 5.93. The van der Waals surface area contributed by atoms with E-state index in [0.29, 0.717) is 17.5 Å². The number of hydrogen-bond acceptors (Lipinski definition) is 3. The molecule has 0 aliphatic rings. The SMILES string of the molecule is COC(=O)C(CC(C)C)NCc1[nH]c2ccccc2c1Cl. The van der Waals surface area contributed by atoms with Crippen LogP contribution in [0.3, 0.4) is 0 Å². The number of nitrogens with one attached hydrogen (secondary N) is 2. The number of hydrogen-bond donors (Lipinski definition) is 2. The first-order valence-electron chi connectivity index (χ1n) is 7.09. The summed E-state index contributed by atoms with van der Waals surface area (Å²) in [6.45, 7) is 4.65. The maximum atomic E-state index is 11.8. The highest BCUT2D eigenvalue weighted by atomic mass is 35.5. The molecule has 2 aromatic rings. The topological polar surface area (TPSA) is 54.1 Å². The number of carbonyl (C=O) groups is 1. The molecule has 1 aromatic carbocycles. The normalized spacial score (nSPS) is 12.8. The van der Waals surface area contributed by atoms with Gasteiger partial charge in [-0.25, -0.2) is 0 Å². The van der Waals surface area contributed by atoms with Crippen LogP contribution in [0, 0.1) is 5.92 Å². The molecule has 5 heteroatoms. The summed E-state index contributed by atoms with van der Waals surface area (Å²) in [5, 5.41) is 4.92. The van der Waals surface area contributed by atoms with Crippen LogP contribution in [0.15, 0.2) is 24.3 Å². The summed E-state index contributed by atoms with van der Waals surface area (Å²) in [5.74, 6) is 0.163. The third-order valence-electron chi connectivity index (χ3n) is 3.43. The second-order valence-electron chi connectivity index (χ2n) is 5.55. The Kier molecular flexibility index (Phi) is 5.26. The van der Waals surface area contributed by atoms with E-state index in [-0.39, 0.29) is 12.0 Å². The van der Waals surface area contributed by atoms with Gasteiger partial charge in [0.15, 0.2) is 0 Å². The number of methoxy groups -OCH3 is 1. The van der Waals surface area contributed by atoms with Gasteiger partial charge >= 0.3 is 5.97 Å². The van der Waals surface area contributed by atoms with Gasteiger partial charge < -0.3 is 9.72 Å². The molecule has 0 spiro atoms. The van der Waals surface area contributed by atoms with Crippen molar-refractivity contribution >= 4 is 28.5 Å². The molecule has 0 aliphatic heterocycles. The molecule has 21 heavy (non-hydrogen) atoms. The van der Waals surface area contributed by atoms with Crippen LogP contribution in [0.4, 0.5) is 0 Å². The highest BCUT2D eigenvalue weighted by molar-refractivity contribution is 6.36. The van der Waals surface area contributed by atoms with Crippen molar-refractivity contribution in [3.8, 4) is 0 Å². The first-order valence-corrected chi connectivity index (χ1v) is 7.47. The Bertz CT molecular complexity index is 622. The summed E-state index contributed by atoms with van der Waals surface area (Å²) < 4.78 is 4.85. The summed E-state index contributed by atoms with van der Waals surface area (Å²) in [6, 6.07) is 7.55. The van der Waals surface area contributed by atoms with E-state index in [1.165, 1.54) is 7.11 Å². The van der Waals surface area contributed by atoms with E-state index in [2.05, 4.69) is 24.1 Å². The van der Waals surface area contributed by atoms with Crippen molar-refractivity contribution in [1.82, 2.24) is 10.3 Å². The number of ether oxygens (including phenoxy) is 1. The molecule has 0 aliphatic carbocycles. The van der Waals surface area contributed by atoms with Gasteiger partial charge in [-0.1, -0.05) is 43.6 Å². The Labute approximate surface area is 129 Å². The van der Waals surface area contributed by atoms with Gasteiger partial charge in [-0.15, -0.1) is 0 Å². The molecule has 0 radical (unpaired) electrons. The Balaban J connectivity index is 2.11. The van der Waals surface area contributed by atoms with Gasteiger partial charge in [-0.05, 0) is 18.4 Å². The van der Waals surface area contributed by atoms with Gasteiger partial charge in [0.05, 0.1) is 12.1 Å².